The van der Waals surface area contributed by atoms with Crippen LogP contribution >= 0.6 is 0 Å². The van der Waals surface area contributed by atoms with Crippen molar-refractivity contribution < 1.29 is 8.78 Å². The Kier molecular flexibility index (Phi) is 3.75. The van der Waals surface area contributed by atoms with E-state index in [-0.39, 0.29) is 5.56 Å². The molecule has 0 radical (unpaired) electrons. The van der Waals surface area contributed by atoms with Crippen LogP contribution in [0.1, 0.15) is 30.9 Å². The van der Waals surface area contributed by atoms with Gasteiger partial charge in [0.15, 0.2) is 0 Å². The molecule has 0 bridgehead atoms. The maximum Gasteiger partial charge on any atom is 0.267 e. The molecule has 0 fully saturated rings. The molecule has 0 aliphatic rings. The summed E-state index contributed by atoms with van der Waals surface area (Å²) < 4.78 is 27.2. The number of rotatable bonds is 4. The quantitative estimate of drug-likeness (QED) is 0.802. The summed E-state index contributed by atoms with van der Waals surface area (Å²) in [4.78, 5) is 0. The Morgan fingerprint density at radius 2 is 1.89 bits per heavy atom. The van der Waals surface area contributed by atoms with Crippen molar-refractivity contribution in [2.24, 2.45) is 7.05 Å². The molecular formula is C14H16F2N2. The fourth-order valence-electron chi connectivity index (χ4n) is 2.01. The lowest BCUT2D eigenvalue weighted by molar-refractivity contribution is 0.152. The molecule has 0 amide bonds. The van der Waals surface area contributed by atoms with Crippen molar-refractivity contribution in [3.05, 3.63) is 41.6 Å². The van der Waals surface area contributed by atoms with Gasteiger partial charge in [-0.15, -0.1) is 0 Å². The summed E-state index contributed by atoms with van der Waals surface area (Å²) >= 11 is 0. The van der Waals surface area contributed by atoms with Crippen molar-refractivity contribution in [3.63, 3.8) is 0 Å². The molecule has 0 atom stereocenters. The van der Waals surface area contributed by atoms with Crippen molar-refractivity contribution >= 4 is 0 Å². The number of halogens is 2. The second-order valence-corrected chi connectivity index (χ2v) is 4.35. The molecule has 2 rings (SSSR count). The first-order chi connectivity index (χ1) is 8.61. The van der Waals surface area contributed by atoms with E-state index in [9.17, 15) is 8.78 Å². The number of aromatic nitrogens is 2. The number of aryl methyl sites for hydroxylation is 2. The maximum absolute atomic E-state index is 12.9. The number of nitrogens with zero attached hydrogens (tertiary/aromatic N) is 2. The highest BCUT2D eigenvalue weighted by atomic mass is 19.3. The van der Waals surface area contributed by atoms with E-state index in [2.05, 4.69) is 12.0 Å². The van der Waals surface area contributed by atoms with Gasteiger partial charge in [-0.1, -0.05) is 37.6 Å². The van der Waals surface area contributed by atoms with Gasteiger partial charge in [-0.2, -0.15) is 5.10 Å². The molecule has 0 aliphatic carbocycles. The van der Waals surface area contributed by atoms with Crippen LogP contribution in [0.4, 0.5) is 8.78 Å². The molecule has 0 N–H and O–H groups in total. The Labute approximate surface area is 105 Å². The molecule has 2 aromatic rings. The number of alkyl halides is 2. The third-order valence-corrected chi connectivity index (χ3v) is 2.86. The Morgan fingerprint density at radius 3 is 2.44 bits per heavy atom. The second-order valence-electron chi connectivity index (χ2n) is 4.35. The number of hydrogen-bond donors (Lipinski definition) is 0. The highest BCUT2D eigenvalue weighted by Crippen LogP contribution is 2.29. The predicted octanol–water partition coefficient (Wildman–Crippen LogP) is 3.98. The van der Waals surface area contributed by atoms with Gasteiger partial charge < -0.3 is 0 Å². The maximum atomic E-state index is 12.9. The summed E-state index contributed by atoms with van der Waals surface area (Å²) in [6, 6.07) is 7.67. The normalized spacial score (nSPS) is 11.2. The minimum Gasteiger partial charge on any atom is -0.275 e. The van der Waals surface area contributed by atoms with Crippen LogP contribution in [0.25, 0.3) is 11.3 Å². The first-order valence-electron chi connectivity index (χ1n) is 6.02. The van der Waals surface area contributed by atoms with Gasteiger partial charge in [0.05, 0.1) is 5.56 Å². The highest BCUT2D eigenvalue weighted by molar-refractivity contribution is 5.63. The van der Waals surface area contributed by atoms with Crippen LogP contribution in [0, 0.1) is 0 Å². The predicted molar refractivity (Wildman–Crippen MR) is 67.6 cm³/mol. The molecule has 2 nitrogen and oxygen atoms in total. The van der Waals surface area contributed by atoms with Gasteiger partial charge in [0.2, 0.25) is 0 Å². The Balaban J connectivity index is 2.36. The van der Waals surface area contributed by atoms with Crippen LogP contribution in [0.3, 0.4) is 0 Å². The molecule has 4 heteroatoms. The molecule has 18 heavy (non-hydrogen) atoms. The zero-order valence-electron chi connectivity index (χ0n) is 10.5. The van der Waals surface area contributed by atoms with Crippen molar-refractivity contribution in [2.45, 2.75) is 26.2 Å². The van der Waals surface area contributed by atoms with E-state index in [1.54, 1.807) is 7.05 Å². The lowest BCUT2D eigenvalue weighted by Crippen LogP contribution is -1.89. The molecule has 1 heterocycles. The second kappa shape index (κ2) is 5.29. The SMILES string of the molecule is CCCc1ccc(-c2nn(C)cc2C(F)F)cc1. The van der Waals surface area contributed by atoms with Crippen LogP contribution < -0.4 is 0 Å². The van der Waals surface area contributed by atoms with E-state index in [0.717, 1.165) is 18.4 Å². The summed E-state index contributed by atoms with van der Waals surface area (Å²) in [7, 11) is 1.65. The fraction of sp³-hybridized carbons (Fsp3) is 0.357. The zero-order chi connectivity index (χ0) is 13.1. The minimum atomic E-state index is -2.50. The molecule has 0 saturated carbocycles. The molecule has 0 aliphatic heterocycles. The average molecular weight is 250 g/mol. The van der Waals surface area contributed by atoms with Crippen molar-refractivity contribution in [1.29, 1.82) is 0 Å². The van der Waals surface area contributed by atoms with Crippen LogP contribution in [-0.4, -0.2) is 9.78 Å². The van der Waals surface area contributed by atoms with Crippen molar-refractivity contribution in [1.82, 2.24) is 9.78 Å². The molecular weight excluding hydrogens is 234 g/mol. The third-order valence-electron chi connectivity index (χ3n) is 2.86. The summed E-state index contributed by atoms with van der Waals surface area (Å²) in [5, 5.41) is 4.11. The Hall–Kier alpha value is -1.71. The van der Waals surface area contributed by atoms with E-state index < -0.39 is 6.43 Å². The van der Waals surface area contributed by atoms with Crippen molar-refractivity contribution in [3.8, 4) is 11.3 Å². The lowest BCUT2D eigenvalue weighted by atomic mass is 10.0. The standard InChI is InChI=1S/C14H16F2N2/c1-3-4-10-5-7-11(8-6-10)13-12(14(15)16)9-18(2)17-13/h5-9,14H,3-4H2,1-2H3. The van der Waals surface area contributed by atoms with E-state index in [0.29, 0.717) is 5.69 Å². The molecule has 0 unspecified atom stereocenters. The summed E-state index contributed by atoms with van der Waals surface area (Å²) in [5.41, 5.74) is 2.32. The molecule has 96 valence electrons. The van der Waals surface area contributed by atoms with E-state index in [1.165, 1.54) is 16.4 Å². The van der Waals surface area contributed by atoms with Gasteiger partial charge in [-0.3, -0.25) is 4.68 Å². The molecule has 0 spiro atoms. The highest BCUT2D eigenvalue weighted by Gasteiger charge is 2.17. The van der Waals surface area contributed by atoms with Crippen LogP contribution in [0.5, 0.6) is 0 Å². The van der Waals surface area contributed by atoms with Crippen LogP contribution in [0.15, 0.2) is 30.5 Å². The van der Waals surface area contributed by atoms with Gasteiger partial charge in [0, 0.05) is 18.8 Å². The number of benzene rings is 1. The molecule has 0 saturated heterocycles. The topological polar surface area (TPSA) is 17.8 Å². The first kappa shape index (κ1) is 12.7. The Morgan fingerprint density at radius 1 is 1.22 bits per heavy atom. The van der Waals surface area contributed by atoms with E-state index in [4.69, 9.17) is 0 Å². The minimum absolute atomic E-state index is 0.0132. The van der Waals surface area contributed by atoms with Gasteiger partial charge in [0.1, 0.15) is 5.69 Å². The largest absolute Gasteiger partial charge is 0.275 e. The van der Waals surface area contributed by atoms with Gasteiger partial charge in [0.25, 0.3) is 6.43 Å². The third kappa shape index (κ3) is 2.58. The van der Waals surface area contributed by atoms with Gasteiger partial charge >= 0.3 is 0 Å². The van der Waals surface area contributed by atoms with Gasteiger partial charge in [-0.05, 0) is 12.0 Å². The molecule has 1 aromatic heterocycles. The van der Waals surface area contributed by atoms with E-state index in [1.807, 2.05) is 24.3 Å². The van der Waals surface area contributed by atoms with Crippen LogP contribution in [-0.2, 0) is 13.5 Å². The van der Waals surface area contributed by atoms with Crippen LogP contribution in [0.2, 0.25) is 0 Å². The smallest absolute Gasteiger partial charge is 0.267 e. The average Bonchev–Trinajstić information content (AvgIpc) is 2.73. The first-order valence-corrected chi connectivity index (χ1v) is 6.02. The summed E-state index contributed by atoms with van der Waals surface area (Å²) in [5.74, 6) is 0. The van der Waals surface area contributed by atoms with Crippen molar-refractivity contribution in [2.75, 3.05) is 0 Å². The summed E-state index contributed by atoms with van der Waals surface area (Å²) in [6.07, 6.45) is 0.957. The Bertz CT molecular complexity index is 515. The lowest BCUT2D eigenvalue weighted by Gasteiger charge is -2.03. The number of hydrogen-bond acceptors (Lipinski definition) is 1. The zero-order valence-corrected chi connectivity index (χ0v) is 10.5. The van der Waals surface area contributed by atoms with E-state index >= 15 is 0 Å². The summed E-state index contributed by atoms with van der Waals surface area (Å²) in [6.45, 7) is 2.11. The molecule has 1 aromatic carbocycles. The van der Waals surface area contributed by atoms with Gasteiger partial charge in [-0.25, -0.2) is 8.78 Å². The fourth-order valence-corrected chi connectivity index (χ4v) is 2.01. The monoisotopic (exact) mass is 250 g/mol.